The molecule has 0 spiro atoms. The largest absolute Gasteiger partial charge is 0.534 e. The van der Waals surface area contributed by atoms with E-state index in [0.717, 1.165) is 6.07 Å². The predicted octanol–water partition coefficient (Wildman–Crippen LogP) is 2.83. The second kappa shape index (κ2) is 6.34. The highest BCUT2D eigenvalue weighted by Gasteiger charge is 2.49. The van der Waals surface area contributed by atoms with Crippen LogP contribution in [0, 0.1) is 11.2 Å². The first-order chi connectivity index (χ1) is 10.2. The van der Waals surface area contributed by atoms with E-state index in [4.69, 9.17) is 0 Å². The quantitative estimate of drug-likeness (QED) is 0.511. The lowest BCUT2D eigenvalue weighted by Crippen LogP contribution is -2.32. The molecular weight excluding hydrogens is 342 g/mol. The molecule has 0 aliphatic carbocycles. The van der Waals surface area contributed by atoms with Crippen LogP contribution in [0.1, 0.15) is 31.1 Å². The normalized spacial score (nSPS) is 12.8. The van der Waals surface area contributed by atoms with E-state index in [1.807, 2.05) is 20.8 Å². The van der Waals surface area contributed by atoms with Crippen molar-refractivity contribution in [3.63, 3.8) is 0 Å². The van der Waals surface area contributed by atoms with Crippen molar-refractivity contribution in [3.8, 4) is 5.75 Å². The van der Waals surface area contributed by atoms with Gasteiger partial charge in [-0.25, -0.2) is 4.39 Å². The Labute approximate surface area is 130 Å². The van der Waals surface area contributed by atoms with Gasteiger partial charge in [-0.3, -0.25) is 4.79 Å². The average Bonchev–Trinajstić information content (AvgIpc) is 2.36. The van der Waals surface area contributed by atoms with E-state index in [1.54, 1.807) is 0 Å². The maximum absolute atomic E-state index is 13.4. The third-order valence-corrected chi connectivity index (χ3v) is 3.42. The van der Waals surface area contributed by atoms with Crippen molar-refractivity contribution in [2.24, 2.45) is 5.41 Å². The number of rotatable bonds is 4. The third-order valence-electron chi connectivity index (χ3n) is 2.46. The highest BCUT2D eigenvalue weighted by Crippen LogP contribution is 2.29. The Balaban J connectivity index is 3.03. The van der Waals surface area contributed by atoms with Gasteiger partial charge in [0.15, 0.2) is 11.6 Å². The summed E-state index contributed by atoms with van der Waals surface area (Å²) in [5.74, 6) is -3.25. The number of carbonyl (C=O) groups excluding carboxylic acids is 1. The van der Waals surface area contributed by atoms with Gasteiger partial charge in [-0.1, -0.05) is 20.8 Å². The number of halogens is 4. The lowest BCUT2D eigenvalue weighted by molar-refractivity contribution is -0.0500. The molecule has 1 aromatic rings. The maximum atomic E-state index is 13.4. The highest BCUT2D eigenvalue weighted by molar-refractivity contribution is 7.88. The monoisotopic (exact) mass is 357 g/mol. The van der Waals surface area contributed by atoms with Gasteiger partial charge in [0.2, 0.25) is 0 Å². The van der Waals surface area contributed by atoms with Crippen molar-refractivity contribution in [1.29, 1.82) is 0 Å². The van der Waals surface area contributed by atoms with Gasteiger partial charge in [0.1, 0.15) is 0 Å². The molecule has 1 amide bonds. The predicted molar refractivity (Wildman–Crippen MR) is 73.8 cm³/mol. The van der Waals surface area contributed by atoms with Gasteiger partial charge in [-0.2, -0.15) is 21.6 Å². The summed E-state index contributed by atoms with van der Waals surface area (Å²) in [6.07, 6.45) is 0. The van der Waals surface area contributed by atoms with Crippen LogP contribution in [0.5, 0.6) is 5.75 Å². The second-order valence-corrected chi connectivity index (χ2v) is 7.41. The fourth-order valence-corrected chi connectivity index (χ4v) is 1.78. The van der Waals surface area contributed by atoms with Gasteiger partial charge in [0.25, 0.3) is 5.91 Å². The summed E-state index contributed by atoms with van der Waals surface area (Å²) in [5.41, 5.74) is -6.19. The minimum atomic E-state index is -6.02. The first-order valence-electron chi connectivity index (χ1n) is 6.31. The number of hydrogen-bond acceptors (Lipinski definition) is 4. The number of carbonyl (C=O) groups is 1. The second-order valence-electron chi connectivity index (χ2n) is 5.87. The topological polar surface area (TPSA) is 72.5 Å². The fourth-order valence-electron chi connectivity index (χ4n) is 1.32. The van der Waals surface area contributed by atoms with Gasteiger partial charge in [-0.15, -0.1) is 0 Å². The molecule has 0 atom stereocenters. The zero-order chi connectivity index (χ0) is 18.1. The summed E-state index contributed by atoms with van der Waals surface area (Å²) in [6, 6.07) is 2.24. The number of alkyl halides is 3. The van der Waals surface area contributed by atoms with Crippen molar-refractivity contribution in [2.45, 2.75) is 26.3 Å². The van der Waals surface area contributed by atoms with Crippen LogP contribution in [0.4, 0.5) is 17.6 Å². The Morgan fingerprint density at radius 2 is 1.78 bits per heavy atom. The molecular formula is C13H15F4NO4S. The molecule has 23 heavy (non-hydrogen) atoms. The molecule has 1 aromatic carbocycles. The minimum absolute atomic E-state index is 0.233. The molecule has 1 N–H and O–H groups in total. The summed E-state index contributed by atoms with van der Waals surface area (Å²) in [6.45, 7) is 5.76. The van der Waals surface area contributed by atoms with E-state index >= 15 is 0 Å². The van der Waals surface area contributed by atoms with Gasteiger partial charge >= 0.3 is 15.6 Å². The van der Waals surface area contributed by atoms with E-state index in [9.17, 15) is 30.8 Å². The smallest absolute Gasteiger partial charge is 0.373 e. The van der Waals surface area contributed by atoms with E-state index in [2.05, 4.69) is 9.50 Å². The highest BCUT2D eigenvalue weighted by atomic mass is 32.2. The number of hydrogen-bond donors (Lipinski definition) is 1. The zero-order valence-corrected chi connectivity index (χ0v) is 13.3. The molecule has 130 valence electrons. The average molecular weight is 357 g/mol. The molecule has 0 aliphatic heterocycles. The summed E-state index contributed by atoms with van der Waals surface area (Å²) >= 11 is 0. The van der Waals surface area contributed by atoms with E-state index in [-0.39, 0.29) is 17.5 Å². The molecule has 0 saturated heterocycles. The Hall–Kier alpha value is -1.84. The van der Waals surface area contributed by atoms with Gasteiger partial charge in [0, 0.05) is 12.1 Å². The van der Waals surface area contributed by atoms with E-state index in [1.165, 1.54) is 0 Å². The zero-order valence-electron chi connectivity index (χ0n) is 12.5. The molecule has 1 rings (SSSR count). The SMILES string of the molecule is CC(C)(C)CNC(=O)c1ccc(F)c(OS(=O)(=O)C(F)(F)F)c1. The van der Waals surface area contributed by atoms with Crippen LogP contribution < -0.4 is 9.50 Å². The molecule has 0 aromatic heterocycles. The van der Waals surface area contributed by atoms with Crippen LogP contribution in [0.3, 0.4) is 0 Å². The van der Waals surface area contributed by atoms with Crippen molar-refractivity contribution in [1.82, 2.24) is 5.32 Å². The molecule has 0 fully saturated rings. The van der Waals surface area contributed by atoms with Crippen LogP contribution in [0.15, 0.2) is 18.2 Å². The van der Waals surface area contributed by atoms with Crippen LogP contribution in [0.2, 0.25) is 0 Å². The summed E-state index contributed by atoms with van der Waals surface area (Å²) in [4.78, 5) is 11.9. The molecule has 5 nitrogen and oxygen atoms in total. The van der Waals surface area contributed by atoms with Gasteiger partial charge < -0.3 is 9.50 Å². The lowest BCUT2D eigenvalue weighted by Gasteiger charge is -2.18. The maximum Gasteiger partial charge on any atom is 0.534 e. The van der Waals surface area contributed by atoms with E-state index < -0.39 is 33.1 Å². The van der Waals surface area contributed by atoms with Crippen LogP contribution >= 0.6 is 0 Å². The number of nitrogens with one attached hydrogen (secondary N) is 1. The Morgan fingerprint density at radius 1 is 1.22 bits per heavy atom. The molecule has 0 saturated carbocycles. The standard InChI is InChI=1S/C13H15F4NO4S/c1-12(2,3)7-18-11(19)8-4-5-9(14)10(6-8)22-23(20,21)13(15,16)17/h4-6H,7H2,1-3H3,(H,18,19). The minimum Gasteiger partial charge on any atom is -0.373 e. The van der Waals surface area contributed by atoms with Crippen molar-refractivity contribution >= 4 is 16.0 Å². The number of amides is 1. The third kappa shape index (κ3) is 5.38. The summed E-state index contributed by atoms with van der Waals surface area (Å²) in [5, 5.41) is 2.49. The van der Waals surface area contributed by atoms with Crippen molar-refractivity contribution in [3.05, 3.63) is 29.6 Å². The van der Waals surface area contributed by atoms with Gasteiger partial charge in [0.05, 0.1) is 0 Å². The molecule has 0 aliphatic rings. The lowest BCUT2D eigenvalue weighted by atomic mass is 9.97. The van der Waals surface area contributed by atoms with Crippen LogP contribution in [-0.2, 0) is 10.1 Å². The van der Waals surface area contributed by atoms with Crippen LogP contribution in [-0.4, -0.2) is 26.4 Å². The summed E-state index contributed by atoms with van der Waals surface area (Å²) in [7, 11) is -6.02. The van der Waals surface area contributed by atoms with Crippen molar-refractivity contribution in [2.75, 3.05) is 6.54 Å². The summed E-state index contributed by atoms with van der Waals surface area (Å²) < 4.78 is 75.7. The van der Waals surface area contributed by atoms with Crippen LogP contribution in [0.25, 0.3) is 0 Å². The number of benzene rings is 1. The first kappa shape index (κ1) is 19.2. The van der Waals surface area contributed by atoms with Crippen molar-refractivity contribution < 1.29 is 35.0 Å². The molecule has 0 heterocycles. The molecule has 10 heteroatoms. The Bertz CT molecular complexity index is 693. The van der Waals surface area contributed by atoms with E-state index in [0.29, 0.717) is 12.1 Å². The fraction of sp³-hybridized carbons (Fsp3) is 0.462. The molecule has 0 radical (unpaired) electrons. The Morgan fingerprint density at radius 3 is 2.26 bits per heavy atom. The first-order valence-corrected chi connectivity index (χ1v) is 7.72. The Kier molecular flexibility index (Phi) is 5.30. The molecule has 0 bridgehead atoms. The molecule has 0 unspecified atom stereocenters. The van der Waals surface area contributed by atoms with Gasteiger partial charge in [-0.05, 0) is 23.6 Å².